The molecule has 15 heavy (non-hydrogen) atoms. The van der Waals surface area contributed by atoms with Gasteiger partial charge in [0.15, 0.2) is 0 Å². The average molecular weight is 250 g/mol. The summed E-state index contributed by atoms with van der Waals surface area (Å²) in [7, 11) is 0. The second-order valence-corrected chi connectivity index (χ2v) is 4.55. The molecule has 1 aromatic rings. The van der Waals surface area contributed by atoms with E-state index in [0.717, 1.165) is 23.7 Å². The van der Waals surface area contributed by atoms with E-state index in [2.05, 4.69) is 29.5 Å². The Morgan fingerprint density at radius 3 is 2.67 bits per heavy atom. The molecule has 1 aromatic heterocycles. The lowest BCUT2D eigenvalue weighted by atomic mass is 10.00. The molecule has 0 saturated carbocycles. The summed E-state index contributed by atoms with van der Waals surface area (Å²) in [5.41, 5.74) is 6.58. The van der Waals surface area contributed by atoms with Gasteiger partial charge in [-0.25, -0.2) is 4.98 Å². The molecule has 0 fully saturated rings. The largest absolute Gasteiger partial charge is 0.329 e. The standard InChI is InChI=1S/C10H19N3S.ClH/c1-4-10(3,12-6-5-11)9-13-8(2)7-14-9;/h7,12H,4-6,11H2,1-3H3;1H. The summed E-state index contributed by atoms with van der Waals surface area (Å²) in [5, 5.41) is 6.70. The summed E-state index contributed by atoms with van der Waals surface area (Å²) >= 11 is 1.72. The zero-order valence-corrected chi connectivity index (χ0v) is 11.2. The lowest BCUT2D eigenvalue weighted by Gasteiger charge is -2.27. The van der Waals surface area contributed by atoms with Crippen LogP contribution in [0.25, 0.3) is 0 Å². The molecule has 0 aliphatic rings. The Morgan fingerprint density at radius 2 is 2.27 bits per heavy atom. The molecule has 1 rings (SSSR count). The van der Waals surface area contributed by atoms with Gasteiger partial charge in [-0.2, -0.15) is 0 Å². The van der Waals surface area contributed by atoms with Crippen LogP contribution >= 0.6 is 23.7 Å². The van der Waals surface area contributed by atoms with Crippen molar-refractivity contribution in [2.75, 3.05) is 13.1 Å². The number of nitrogens with two attached hydrogens (primary N) is 1. The molecular formula is C10H20ClN3S. The highest BCUT2D eigenvalue weighted by molar-refractivity contribution is 7.09. The van der Waals surface area contributed by atoms with Gasteiger partial charge >= 0.3 is 0 Å². The van der Waals surface area contributed by atoms with Crippen molar-refractivity contribution in [1.29, 1.82) is 0 Å². The van der Waals surface area contributed by atoms with Gasteiger partial charge in [0.25, 0.3) is 0 Å². The van der Waals surface area contributed by atoms with Gasteiger partial charge in [0.2, 0.25) is 0 Å². The van der Waals surface area contributed by atoms with E-state index in [4.69, 9.17) is 5.73 Å². The molecule has 0 spiro atoms. The van der Waals surface area contributed by atoms with Crippen LogP contribution in [0.4, 0.5) is 0 Å². The van der Waals surface area contributed by atoms with E-state index in [1.54, 1.807) is 11.3 Å². The lowest BCUT2D eigenvalue weighted by Crippen LogP contribution is -2.41. The zero-order chi connectivity index (χ0) is 10.6. The van der Waals surface area contributed by atoms with Crippen molar-refractivity contribution < 1.29 is 0 Å². The summed E-state index contributed by atoms with van der Waals surface area (Å²) < 4.78 is 0. The molecule has 5 heteroatoms. The Kier molecular flexibility index (Phi) is 6.36. The lowest BCUT2D eigenvalue weighted by molar-refractivity contribution is 0.357. The maximum absolute atomic E-state index is 5.49. The van der Waals surface area contributed by atoms with Crippen LogP contribution in [0.1, 0.15) is 31.0 Å². The predicted molar refractivity (Wildman–Crippen MR) is 68.8 cm³/mol. The van der Waals surface area contributed by atoms with Crippen molar-refractivity contribution in [2.45, 2.75) is 32.7 Å². The summed E-state index contributed by atoms with van der Waals surface area (Å²) in [6.07, 6.45) is 1.03. The van der Waals surface area contributed by atoms with Gasteiger partial charge in [0.05, 0.1) is 5.54 Å². The van der Waals surface area contributed by atoms with E-state index in [1.807, 2.05) is 6.92 Å². The molecule has 0 aromatic carbocycles. The third kappa shape index (κ3) is 3.72. The van der Waals surface area contributed by atoms with Crippen molar-refractivity contribution in [3.63, 3.8) is 0 Å². The van der Waals surface area contributed by atoms with E-state index in [9.17, 15) is 0 Å². The number of aryl methyl sites for hydroxylation is 1. The first-order chi connectivity index (χ1) is 6.62. The Balaban J connectivity index is 0.00000196. The molecule has 1 unspecified atom stereocenters. The monoisotopic (exact) mass is 249 g/mol. The molecule has 1 heterocycles. The first kappa shape index (κ1) is 14.8. The van der Waals surface area contributed by atoms with Gasteiger partial charge in [-0.15, -0.1) is 23.7 Å². The van der Waals surface area contributed by atoms with Gasteiger partial charge in [0, 0.05) is 24.2 Å². The van der Waals surface area contributed by atoms with Crippen molar-refractivity contribution >= 4 is 23.7 Å². The smallest absolute Gasteiger partial charge is 0.113 e. The minimum absolute atomic E-state index is 0. The third-order valence-electron chi connectivity index (χ3n) is 2.46. The molecule has 3 nitrogen and oxygen atoms in total. The predicted octanol–water partition coefficient (Wildman–Crippen LogP) is 2.05. The van der Waals surface area contributed by atoms with E-state index in [-0.39, 0.29) is 17.9 Å². The van der Waals surface area contributed by atoms with Gasteiger partial charge in [-0.1, -0.05) is 6.92 Å². The first-order valence-electron chi connectivity index (χ1n) is 5.00. The molecule has 1 atom stereocenters. The molecule has 0 radical (unpaired) electrons. The number of nitrogens with one attached hydrogen (secondary N) is 1. The van der Waals surface area contributed by atoms with E-state index in [1.165, 1.54) is 0 Å². The molecular weight excluding hydrogens is 230 g/mol. The SMILES string of the molecule is CCC(C)(NCCN)c1nc(C)cs1.Cl. The number of rotatable bonds is 5. The van der Waals surface area contributed by atoms with Crippen LogP contribution in [0.3, 0.4) is 0 Å². The zero-order valence-electron chi connectivity index (χ0n) is 9.54. The topological polar surface area (TPSA) is 50.9 Å². The van der Waals surface area contributed by atoms with E-state index < -0.39 is 0 Å². The molecule has 0 bridgehead atoms. The normalized spacial score (nSPS) is 14.4. The summed E-state index contributed by atoms with van der Waals surface area (Å²) in [6.45, 7) is 7.88. The molecule has 88 valence electrons. The number of hydrogen-bond donors (Lipinski definition) is 2. The van der Waals surface area contributed by atoms with Crippen LogP contribution in [0.5, 0.6) is 0 Å². The Labute approximate surface area is 102 Å². The number of nitrogens with zero attached hydrogens (tertiary/aromatic N) is 1. The summed E-state index contributed by atoms with van der Waals surface area (Å²) in [5.74, 6) is 0. The molecule has 0 amide bonds. The fourth-order valence-electron chi connectivity index (χ4n) is 1.31. The number of aromatic nitrogens is 1. The number of hydrogen-bond acceptors (Lipinski definition) is 4. The van der Waals surface area contributed by atoms with Crippen LogP contribution in [0.15, 0.2) is 5.38 Å². The van der Waals surface area contributed by atoms with Crippen LogP contribution in [-0.2, 0) is 5.54 Å². The summed E-state index contributed by atoms with van der Waals surface area (Å²) in [4.78, 5) is 4.52. The highest BCUT2D eigenvalue weighted by Crippen LogP contribution is 2.26. The highest BCUT2D eigenvalue weighted by atomic mass is 35.5. The first-order valence-corrected chi connectivity index (χ1v) is 5.88. The number of halogens is 1. The molecule has 0 saturated heterocycles. The van der Waals surface area contributed by atoms with Crippen LogP contribution in [-0.4, -0.2) is 18.1 Å². The fourth-order valence-corrected chi connectivity index (χ4v) is 2.32. The van der Waals surface area contributed by atoms with Crippen molar-refractivity contribution in [3.8, 4) is 0 Å². The van der Waals surface area contributed by atoms with Gasteiger partial charge in [-0.05, 0) is 20.3 Å². The molecule has 0 aliphatic heterocycles. The number of thiazole rings is 1. The average Bonchev–Trinajstić information content (AvgIpc) is 2.62. The van der Waals surface area contributed by atoms with E-state index in [0.29, 0.717) is 6.54 Å². The minimum Gasteiger partial charge on any atom is -0.329 e. The second-order valence-electron chi connectivity index (χ2n) is 3.70. The third-order valence-corrected chi connectivity index (χ3v) is 3.68. The van der Waals surface area contributed by atoms with Crippen LogP contribution in [0.2, 0.25) is 0 Å². The van der Waals surface area contributed by atoms with Crippen molar-refractivity contribution in [2.24, 2.45) is 5.73 Å². The van der Waals surface area contributed by atoms with Gasteiger partial charge < -0.3 is 11.1 Å². The molecule has 3 N–H and O–H groups in total. The Hall–Kier alpha value is -0.160. The Morgan fingerprint density at radius 1 is 1.60 bits per heavy atom. The van der Waals surface area contributed by atoms with Crippen molar-refractivity contribution in [3.05, 3.63) is 16.1 Å². The van der Waals surface area contributed by atoms with Gasteiger partial charge in [-0.3, -0.25) is 0 Å². The minimum atomic E-state index is -0.0156. The van der Waals surface area contributed by atoms with Crippen molar-refractivity contribution in [1.82, 2.24) is 10.3 Å². The maximum atomic E-state index is 5.49. The molecule has 0 aliphatic carbocycles. The second kappa shape index (κ2) is 6.43. The van der Waals surface area contributed by atoms with Crippen LogP contribution < -0.4 is 11.1 Å². The quantitative estimate of drug-likeness (QED) is 0.840. The maximum Gasteiger partial charge on any atom is 0.113 e. The summed E-state index contributed by atoms with van der Waals surface area (Å²) in [6, 6.07) is 0. The highest BCUT2D eigenvalue weighted by Gasteiger charge is 2.26. The van der Waals surface area contributed by atoms with Crippen LogP contribution in [0, 0.1) is 6.92 Å². The van der Waals surface area contributed by atoms with E-state index >= 15 is 0 Å². The fraction of sp³-hybridized carbons (Fsp3) is 0.700. The van der Waals surface area contributed by atoms with Gasteiger partial charge in [0.1, 0.15) is 5.01 Å². The Bertz CT molecular complexity index is 290.